The lowest BCUT2D eigenvalue weighted by Gasteiger charge is -2.19. The van der Waals surface area contributed by atoms with Crippen molar-refractivity contribution < 1.29 is 8.42 Å². The van der Waals surface area contributed by atoms with Crippen LogP contribution in [0, 0.1) is 11.3 Å². The van der Waals surface area contributed by atoms with Gasteiger partial charge in [-0.1, -0.05) is 13.8 Å². The SMILES string of the molecule is CC(C)C1(CNCCS(N)(=O)=O)CC1. The van der Waals surface area contributed by atoms with Gasteiger partial charge in [0.2, 0.25) is 10.0 Å². The molecule has 14 heavy (non-hydrogen) atoms. The zero-order chi connectivity index (χ0) is 10.8. The maximum absolute atomic E-state index is 10.6. The Balaban J connectivity index is 2.17. The Hall–Kier alpha value is -0.130. The lowest BCUT2D eigenvalue weighted by molar-refractivity contribution is 0.341. The molecule has 1 fully saturated rings. The van der Waals surface area contributed by atoms with Crippen LogP contribution in [-0.2, 0) is 10.0 Å². The molecule has 0 amide bonds. The second-order valence-electron chi connectivity index (χ2n) is 4.56. The topological polar surface area (TPSA) is 72.2 Å². The molecule has 0 radical (unpaired) electrons. The summed E-state index contributed by atoms with van der Waals surface area (Å²) in [6, 6.07) is 0. The van der Waals surface area contributed by atoms with E-state index in [0.717, 1.165) is 6.54 Å². The van der Waals surface area contributed by atoms with Gasteiger partial charge in [-0.3, -0.25) is 0 Å². The molecule has 0 spiro atoms. The predicted molar refractivity (Wildman–Crippen MR) is 57.3 cm³/mol. The van der Waals surface area contributed by atoms with Crippen LogP contribution in [0.15, 0.2) is 0 Å². The molecule has 4 nitrogen and oxygen atoms in total. The zero-order valence-electron chi connectivity index (χ0n) is 8.91. The molecule has 0 aromatic carbocycles. The quantitative estimate of drug-likeness (QED) is 0.632. The van der Waals surface area contributed by atoms with E-state index in [1.807, 2.05) is 0 Å². The van der Waals surface area contributed by atoms with Crippen molar-refractivity contribution in [3.05, 3.63) is 0 Å². The Bertz CT molecular complexity index is 281. The normalized spacial score (nSPS) is 20.0. The number of nitrogens with two attached hydrogens (primary N) is 1. The summed E-state index contributed by atoms with van der Waals surface area (Å²) in [6.07, 6.45) is 2.51. The van der Waals surface area contributed by atoms with Crippen molar-refractivity contribution in [2.45, 2.75) is 26.7 Å². The monoisotopic (exact) mass is 220 g/mol. The first-order valence-electron chi connectivity index (χ1n) is 5.07. The first-order chi connectivity index (χ1) is 6.36. The average Bonchev–Trinajstić information content (AvgIpc) is 2.77. The van der Waals surface area contributed by atoms with E-state index in [4.69, 9.17) is 5.14 Å². The fourth-order valence-electron chi connectivity index (χ4n) is 1.67. The third kappa shape index (κ3) is 3.55. The van der Waals surface area contributed by atoms with Crippen LogP contribution in [0.1, 0.15) is 26.7 Å². The van der Waals surface area contributed by atoms with Gasteiger partial charge in [-0.2, -0.15) is 0 Å². The van der Waals surface area contributed by atoms with Crippen molar-refractivity contribution in [3.63, 3.8) is 0 Å². The Kier molecular flexibility index (Phi) is 3.55. The fraction of sp³-hybridized carbons (Fsp3) is 1.00. The molecule has 0 aliphatic heterocycles. The summed E-state index contributed by atoms with van der Waals surface area (Å²) in [5.41, 5.74) is 0.429. The molecular weight excluding hydrogens is 200 g/mol. The maximum atomic E-state index is 10.6. The van der Waals surface area contributed by atoms with E-state index in [2.05, 4.69) is 19.2 Å². The molecular formula is C9H20N2O2S. The Labute approximate surface area is 86.3 Å². The van der Waals surface area contributed by atoms with Crippen LogP contribution in [0.25, 0.3) is 0 Å². The largest absolute Gasteiger partial charge is 0.315 e. The van der Waals surface area contributed by atoms with Gasteiger partial charge >= 0.3 is 0 Å². The number of rotatable bonds is 6. The van der Waals surface area contributed by atoms with Crippen LogP contribution >= 0.6 is 0 Å². The van der Waals surface area contributed by atoms with E-state index in [9.17, 15) is 8.42 Å². The minimum atomic E-state index is -3.30. The smallest absolute Gasteiger partial charge is 0.210 e. The summed E-state index contributed by atoms with van der Waals surface area (Å²) in [4.78, 5) is 0. The van der Waals surface area contributed by atoms with Gasteiger partial charge in [-0.05, 0) is 24.2 Å². The molecule has 3 N–H and O–H groups in total. The van der Waals surface area contributed by atoms with Crippen molar-refractivity contribution in [2.24, 2.45) is 16.5 Å². The summed E-state index contributed by atoms with van der Waals surface area (Å²) in [7, 11) is -3.30. The van der Waals surface area contributed by atoms with Crippen LogP contribution in [0.3, 0.4) is 0 Å². The molecule has 0 saturated heterocycles. The third-order valence-corrected chi connectivity index (χ3v) is 3.93. The van der Waals surface area contributed by atoms with Crippen molar-refractivity contribution in [1.29, 1.82) is 0 Å². The molecule has 1 saturated carbocycles. The zero-order valence-corrected chi connectivity index (χ0v) is 9.73. The van der Waals surface area contributed by atoms with Gasteiger partial charge in [-0.15, -0.1) is 0 Å². The predicted octanol–water partition coefficient (Wildman–Crippen LogP) is 0.301. The molecule has 1 aliphatic rings. The van der Waals surface area contributed by atoms with Gasteiger partial charge in [0, 0.05) is 13.1 Å². The molecule has 0 unspecified atom stereocenters. The molecule has 5 heteroatoms. The van der Waals surface area contributed by atoms with Crippen LogP contribution in [0.4, 0.5) is 0 Å². The second-order valence-corrected chi connectivity index (χ2v) is 6.29. The number of hydrogen-bond donors (Lipinski definition) is 2. The van der Waals surface area contributed by atoms with Crippen molar-refractivity contribution in [2.75, 3.05) is 18.8 Å². The van der Waals surface area contributed by atoms with Crippen molar-refractivity contribution >= 4 is 10.0 Å². The number of hydrogen-bond acceptors (Lipinski definition) is 3. The lowest BCUT2D eigenvalue weighted by atomic mass is 9.92. The highest BCUT2D eigenvalue weighted by Crippen LogP contribution is 2.51. The standard InChI is InChI=1S/C9H20N2O2S/c1-8(2)9(3-4-9)7-11-5-6-14(10,12)13/h8,11H,3-7H2,1-2H3,(H2,10,12,13). The summed E-state index contributed by atoms with van der Waals surface area (Å²) in [5.74, 6) is 0.700. The first kappa shape index (κ1) is 11.9. The minimum Gasteiger partial charge on any atom is -0.315 e. The van der Waals surface area contributed by atoms with Crippen molar-refractivity contribution in [3.8, 4) is 0 Å². The number of sulfonamides is 1. The minimum absolute atomic E-state index is 0.0289. The fourth-order valence-corrected chi connectivity index (χ4v) is 2.10. The van der Waals surface area contributed by atoms with Gasteiger partial charge in [-0.25, -0.2) is 13.6 Å². The van der Waals surface area contributed by atoms with Gasteiger partial charge in [0.05, 0.1) is 5.75 Å². The maximum Gasteiger partial charge on any atom is 0.210 e. The molecule has 0 heterocycles. The molecule has 84 valence electrons. The van der Waals surface area contributed by atoms with E-state index in [1.165, 1.54) is 12.8 Å². The van der Waals surface area contributed by atoms with Crippen molar-refractivity contribution in [1.82, 2.24) is 5.32 Å². The molecule has 0 aromatic rings. The van der Waals surface area contributed by atoms with E-state index >= 15 is 0 Å². The van der Waals surface area contributed by atoms with Gasteiger partial charge < -0.3 is 5.32 Å². The lowest BCUT2D eigenvalue weighted by Crippen LogP contribution is -2.32. The summed E-state index contributed by atoms with van der Waals surface area (Å²) in [5, 5.41) is 8.06. The molecule has 1 rings (SSSR count). The molecule has 0 bridgehead atoms. The van der Waals surface area contributed by atoms with Gasteiger partial charge in [0.1, 0.15) is 0 Å². The summed E-state index contributed by atoms with van der Waals surface area (Å²) < 4.78 is 21.3. The summed E-state index contributed by atoms with van der Waals surface area (Å²) >= 11 is 0. The highest BCUT2D eigenvalue weighted by atomic mass is 32.2. The van der Waals surface area contributed by atoms with E-state index in [0.29, 0.717) is 17.9 Å². The first-order valence-corrected chi connectivity index (χ1v) is 6.78. The Morgan fingerprint density at radius 3 is 2.36 bits per heavy atom. The van der Waals surface area contributed by atoms with Gasteiger partial charge in [0.25, 0.3) is 0 Å². The number of primary sulfonamides is 1. The highest BCUT2D eigenvalue weighted by Gasteiger charge is 2.44. The van der Waals surface area contributed by atoms with E-state index in [-0.39, 0.29) is 5.75 Å². The van der Waals surface area contributed by atoms with E-state index < -0.39 is 10.0 Å². The van der Waals surface area contributed by atoms with Crippen LogP contribution in [0.2, 0.25) is 0 Å². The van der Waals surface area contributed by atoms with Crippen LogP contribution in [-0.4, -0.2) is 27.3 Å². The summed E-state index contributed by atoms with van der Waals surface area (Å²) in [6.45, 7) is 5.82. The Morgan fingerprint density at radius 1 is 1.43 bits per heavy atom. The van der Waals surface area contributed by atoms with Crippen LogP contribution < -0.4 is 10.5 Å². The molecule has 0 aromatic heterocycles. The second kappa shape index (κ2) is 4.16. The van der Waals surface area contributed by atoms with Crippen LogP contribution in [0.5, 0.6) is 0 Å². The number of nitrogens with one attached hydrogen (secondary N) is 1. The molecule has 0 atom stereocenters. The average molecular weight is 220 g/mol. The third-order valence-electron chi connectivity index (χ3n) is 3.16. The van der Waals surface area contributed by atoms with Gasteiger partial charge in [0.15, 0.2) is 0 Å². The highest BCUT2D eigenvalue weighted by molar-refractivity contribution is 7.89. The van der Waals surface area contributed by atoms with E-state index in [1.54, 1.807) is 0 Å². The Morgan fingerprint density at radius 2 is 2.00 bits per heavy atom. The molecule has 1 aliphatic carbocycles.